The van der Waals surface area contributed by atoms with Crippen LogP contribution < -0.4 is 5.32 Å². The Kier molecular flexibility index (Phi) is 5.14. The van der Waals surface area contributed by atoms with E-state index < -0.39 is 0 Å². The number of H-pyrrole nitrogens is 1. The van der Waals surface area contributed by atoms with E-state index in [9.17, 15) is 4.79 Å². The van der Waals surface area contributed by atoms with E-state index in [-0.39, 0.29) is 5.91 Å². The molecule has 0 saturated heterocycles. The molecule has 3 aromatic carbocycles. The Balaban J connectivity index is 1.50. The van der Waals surface area contributed by atoms with Crippen LogP contribution in [0.15, 0.2) is 77.7 Å². The normalized spacial score (nSPS) is 10.9. The third-order valence-electron chi connectivity index (χ3n) is 4.03. The molecule has 1 heterocycles. The number of imidazole rings is 1. The molecule has 4 nitrogen and oxygen atoms in total. The van der Waals surface area contributed by atoms with Gasteiger partial charge in [-0.25, -0.2) is 4.98 Å². The fourth-order valence-electron chi connectivity index (χ4n) is 2.74. The highest BCUT2D eigenvalue weighted by Gasteiger charge is 2.12. The van der Waals surface area contributed by atoms with Gasteiger partial charge in [-0.1, -0.05) is 35.9 Å². The second-order valence-electron chi connectivity index (χ2n) is 5.94. The molecule has 0 saturated carbocycles. The van der Waals surface area contributed by atoms with Crippen molar-refractivity contribution in [2.24, 2.45) is 0 Å². The maximum Gasteiger partial charge on any atom is 0.234 e. The number of fused-ring (bicyclic) bond motifs is 1. The van der Waals surface area contributed by atoms with Gasteiger partial charge in [0, 0.05) is 15.5 Å². The molecule has 4 rings (SSSR count). The van der Waals surface area contributed by atoms with Crippen molar-refractivity contribution < 1.29 is 4.79 Å². The van der Waals surface area contributed by atoms with Gasteiger partial charge in [0.05, 0.1) is 22.5 Å². The Morgan fingerprint density at radius 3 is 2.56 bits per heavy atom. The molecule has 0 spiro atoms. The number of aromatic amines is 1. The molecular formula is C21H16ClN3OS. The molecule has 1 amide bonds. The molecule has 0 bridgehead atoms. The lowest BCUT2D eigenvalue weighted by Gasteiger charge is -2.09. The second-order valence-corrected chi connectivity index (χ2v) is 7.42. The van der Waals surface area contributed by atoms with Crippen LogP contribution >= 0.6 is 23.4 Å². The summed E-state index contributed by atoms with van der Waals surface area (Å²) in [5, 5.41) is 3.67. The highest BCUT2D eigenvalue weighted by Crippen LogP contribution is 2.28. The first kappa shape index (κ1) is 17.6. The molecular weight excluding hydrogens is 378 g/mol. The lowest BCUT2D eigenvalue weighted by atomic mass is 10.1. The summed E-state index contributed by atoms with van der Waals surface area (Å²) >= 11 is 7.36. The van der Waals surface area contributed by atoms with E-state index >= 15 is 0 Å². The Morgan fingerprint density at radius 1 is 1.00 bits per heavy atom. The Labute approximate surface area is 166 Å². The van der Waals surface area contributed by atoms with Crippen LogP contribution in [0.1, 0.15) is 0 Å². The molecule has 0 fully saturated rings. The minimum Gasteiger partial charge on any atom is -0.338 e. The lowest BCUT2D eigenvalue weighted by molar-refractivity contribution is -0.113. The Morgan fingerprint density at radius 2 is 1.74 bits per heavy atom. The van der Waals surface area contributed by atoms with Crippen LogP contribution in [0.4, 0.5) is 5.69 Å². The zero-order chi connectivity index (χ0) is 18.6. The van der Waals surface area contributed by atoms with E-state index in [0.29, 0.717) is 10.8 Å². The van der Waals surface area contributed by atoms with Crippen LogP contribution in [-0.4, -0.2) is 21.6 Å². The number of benzene rings is 3. The molecule has 4 aromatic rings. The van der Waals surface area contributed by atoms with Gasteiger partial charge in [0.2, 0.25) is 5.91 Å². The van der Waals surface area contributed by atoms with E-state index in [1.165, 1.54) is 11.8 Å². The van der Waals surface area contributed by atoms with Gasteiger partial charge in [-0.05, 0) is 48.5 Å². The van der Waals surface area contributed by atoms with Gasteiger partial charge < -0.3 is 10.3 Å². The summed E-state index contributed by atoms with van der Waals surface area (Å²) in [7, 11) is 0. The van der Waals surface area contributed by atoms with Crippen LogP contribution in [0.3, 0.4) is 0 Å². The number of nitrogens with one attached hydrogen (secondary N) is 2. The van der Waals surface area contributed by atoms with Gasteiger partial charge in [0.25, 0.3) is 0 Å². The van der Waals surface area contributed by atoms with Gasteiger partial charge in [0.1, 0.15) is 5.82 Å². The Hall–Kier alpha value is -2.76. The predicted molar refractivity (Wildman–Crippen MR) is 112 cm³/mol. The fourth-order valence-corrected chi connectivity index (χ4v) is 3.57. The molecule has 0 aliphatic heterocycles. The molecule has 134 valence electrons. The maximum atomic E-state index is 12.4. The molecule has 2 N–H and O–H groups in total. The first-order chi connectivity index (χ1) is 13.2. The largest absolute Gasteiger partial charge is 0.338 e. The van der Waals surface area contributed by atoms with Gasteiger partial charge in [-0.2, -0.15) is 0 Å². The smallest absolute Gasteiger partial charge is 0.234 e. The third-order valence-corrected chi connectivity index (χ3v) is 5.29. The number of hydrogen-bond acceptors (Lipinski definition) is 3. The fraction of sp³-hybridized carbons (Fsp3) is 0.0476. The van der Waals surface area contributed by atoms with Crippen LogP contribution in [0.5, 0.6) is 0 Å². The molecule has 0 unspecified atom stereocenters. The zero-order valence-corrected chi connectivity index (χ0v) is 15.8. The second kappa shape index (κ2) is 7.86. The van der Waals surface area contributed by atoms with E-state index in [2.05, 4.69) is 15.3 Å². The third kappa shape index (κ3) is 4.15. The number of para-hydroxylation sites is 3. The number of amides is 1. The van der Waals surface area contributed by atoms with Crippen molar-refractivity contribution in [1.29, 1.82) is 0 Å². The first-order valence-electron chi connectivity index (χ1n) is 8.41. The van der Waals surface area contributed by atoms with E-state index in [1.807, 2.05) is 72.8 Å². The standard InChI is InChI=1S/C21H16ClN3OS/c22-14-9-11-15(12-10-14)27-13-20(26)23-17-6-2-1-5-16(17)21-24-18-7-3-4-8-19(18)25-21/h1-12H,13H2,(H,23,26)(H,24,25). The maximum absolute atomic E-state index is 12.4. The van der Waals surface area contributed by atoms with Gasteiger partial charge in [-0.3, -0.25) is 4.79 Å². The average Bonchev–Trinajstić information content (AvgIpc) is 3.12. The summed E-state index contributed by atoms with van der Waals surface area (Å²) in [6.07, 6.45) is 0. The van der Waals surface area contributed by atoms with Gasteiger partial charge in [-0.15, -0.1) is 11.8 Å². The molecule has 27 heavy (non-hydrogen) atoms. The van der Waals surface area contributed by atoms with E-state index in [4.69, 9.17) is 11.6 Å². The highest BCUT2D eigenvalue weighted by atomic mass is 35.5. The molecule has 0 radical (unpaired) electrons. The number of aromatic nitrogens is 2. The number of thioether (sulfide) groups is 1. The van der Waals surface area contributed by atoms with E-state index in [1.54, 1.807) is 0 Å². The van der Waals surface area contributed by atoms with Gasteiger partial charge >= 0.3 is 0 Å². The summed E-state index contributed by atoms with van der Waals surface area (Å²) in [6, 6.07) is 23.0. The van der Waals surface area contributed by atoms with Crippen molar-refractivity contribution in [2.75, 3.05) is 11.1 Å². The van der Waals surface area contributed by atoms with Gasteiger partial charge in [0.15, 0.2) is 0 Å². The molecule has 0 aliphatic carbocycles. The number of hydrogen-bond donors (Lipinski definition) is 2. The van der Waals surface area contributed by atoms with E-state index in [0.717, 1.165) is 33.0 Å². The number of nitrogens with zero attached hydrogens (tertiary/aromatic N) is 1. The van der Waals surface area contributed by atoms with Crippen LogP contribution in [0.2, 0.25) is 5.02 Å². The summed E-state index contributed by atoms with van der Waals surface area (Å²) in [5.74, 6) is 0.979. The summed E-state index contributed by atoms with van der Waals surface area (Å²) in [5.41, 5.74) is 3.45. The molecule has 0 atom stereocenters. The predicted octanol–water partition coefficient (Wildman–Crippen LogP) is 5.61. The lowest BCUT2D eigenvalue weighted by Crippen LogP contribution is -2.14. The van der Waals surface area contributed by atoms with Crippen molar-refractivity contribution >= 4 is 46.0 Å². The monoisotopic (exact) mass is 393 g/mol. The topological polar surface area (TPSA) is 57.8 Å². The van der Waals surface area contributed by atoms with Crippen LogP contribution in [-0.2, 0) is 4.79 Å². The van der Waals surface area contributed by atoms with Crippen molar-refractivity contribution in [3.05, 3.63) is 77.8 Å². The van der Waals surface area contributed by atoms with Crippen molar-refractivity contribution in [1.82, 2.24) is 9.97 Å². The quantitative estimate of drug-likeness (QED) is 0.433. The molecule has 6 heteroatoms. The minimum absolute atomic E-state index is 0.0708. The van der Waals surface area contributed by atoms with Crippen molar-refractivity contribution in [2.45, 2.75) is 4.90 Å². The van der Waals surface area contributed by atoms with Crippen LogP contribution in [0.25, 0.3) is 22.4 Å². The zero-order valence-electron chi connectivity index (χ0n) is 14.3. The van der Waals surface area contributed by atoms with Crippen molar-refractivity contribution in [3.8, 4) is 11.4 Å². The number of carbonyl (C=O) groups excluding carboxylic acids is 1. The first-order valence-corrected chi connectivity index (χ1v) is 9.78. The summed E-state index contributed by atoms with van der Waals surface area (Å²) in [4.78, 5) is 21.4. The summed E-state index contributed by atoms with van der Waals surface area (Å²) in [6.45, 7) is 0. The summed E-state index contributed by atoms with van der Waals surface area (Å²) < 4.78 is 0. The average molecular weight is 394 g/mol. The number of halogens is 1. The molecule has 1 aromatic heterocycles. The SMILES string of the molecule is O=C(CSc1ccc(Cl)cc1)Nc1ccccc1-c1nc2ccccc2[nH]1. The van der Waals surface area contributed by atoms with Crippen LogP contribution in [0, 0.1) is 0 Å². The highest BCUT2D eigenvalue weighted by molar-refractivity contribution is 8.00. The Bertz CT molecular complexity index is 1060. The number of carbonyl (C=O) groups is 1. The molecule has 0 aliphatic rings. The van der Waals surface area contributed by atoms with Crippen molar-refractivity contribution in [3.63, 3.8) is 0 Å². The number of anilines is 1. The minimum atomic E-state index is -0.0708. The number of rotatable bonds is 5.